The number of hydrogen-bond acceptors (Lipinski definition) is 5. The van der Waals surface area contributed by atoms with Crippen LogP contribution in [0.2, 0.25) is 10.0 Å². The fourth-order valence-electron chi connectivity index (χ4n) is 2.10. The Labute approximate surface area is 159 Å². The summed E-state index contributed by atoms with van der Waals surface area (Å²) in [4.78, 5) is 20.4. The molecule has 0 radical (unpaired) electrons. The second kappa shape index (κ2) is 7.83. The van der Waals surface area contributed by atoms with Crippen LogP contribution in [0.25, 0.3) is 0 Å². The zero-order valence-corrected chi connectivity index (χ0v) is 14.7. The van der Waals surface area contributed by atoms with Crippen molar-refractivity contribution in [1.29, 1.82) is 5.26 Å². The van der Waals surface area contributed by atoms with E-state index >= 15 is 0 Å². The number of amides is 1. The summed E-state index contributed by atoms with van der Waals surface area (Å²) in [6.07, 6.45) is 1.27. The van der Waals surface area contributed by atoms with E-state index < -0.39 is 5.91 Å². The number of benzene rings is 2. The maximum Gasteiger partial charge on any atom is 0.274 e. The van der Waals surface area contributed by atoms with Gasteiger partial charge in [0.1, 0.15) is 17.8 Å². The summed E-state index contributed by atoms with van der Waals surface area (Å²) in [5.41, 5.74) is 1.80. The molecule has 2 N–H and O–H groups in total. The predicted molar refractivity (Wildman–Crippen MR) is 101 cm³/mol. The predicted octanol–water partition coefficient (Wildman–Crippen LogP) is 4.65. The number of carbonyl (C=O) groups excluding carboxylic acids is 1. The van der Waals surface area contributed by atoms with Crippen molar-refractivity contribution in [3.05, 3.63) is 76.2 Å². The number of nitrogens with zero attached hydrogens (tertiary/aromatic N) is 3. The minimum atomic E-state index is -0.405. The van der Waals surface area contributed by atoms with Gasteiger partial charge in [0.15, 0.2) is 0 Å². The number of carbonyl (C=O) groups is 1. The van der Waals surface area contributed by atoms with Crippen LogP contribution in [0.5, 0.6) is 0 Å². The van der Waals surface area contributed by atoms with E-state index in [1.807, 2.05) is 6.07 Å². The van der Waals surface area contributed by atoms with Gasteiger partial charge in [-0.1, -0.05) is 23.2 Å². The Balaban J connectivity index is 1.76. The number of halogens is 2. The molecule has 2 aromatic carbocycles. The standard InChI is InChI=1S/C18H11Cl2N5O/c19-12-3-6-14(20)15(7-12)25-17-8-16(22-10-23-17)18(26)24-13-4-1-11(9-21)2-5-13/h1-8,10H,(H,24,26)(H,22,23,25). The number of rotatable bonds is 4. The molecule has 26 heavy (non-hydrogen) atoms. The van der Waals surface area contributed by atoms with Gasteiger partial charge in [-0.2, -0.15) is 5.26 Å². The summed E-state index contributed by atoms with van der Waals surface area (Å²) in [7, 11) is 0. The normalized spacial score (nSPS) is 10.0. The number of nitriles is 1. The van der Waals surface area contributed by atoms with Gasteiger partial charge in [0, 0.05) is 16.8 Å². The van der Waals surface area contributed by atoms with E-state index in [9.17, 15) is 4.79 Å². The molecule has 0 aliphatic rings. The van der Waals surface area contributed by atoms with Gasteiger partial charge in [-0.05, 0) is 42.5 Å². The van der Waals surface area contributed by atoms with E-state index in [0.717, 1.165) is 0 Å². The van der Waals surface area contributed by atoms with Gasteiger partial charge in [0.05, 0.1) is 22.3 Å². The molecule has 1 aromatic heterocycles. The Morgan fingerprint density at radius 1 is 1.04 bits per heavy atom. The van der Waals surface area contributed by atoms with E-state index in [2.05, 4.69) is 20.6 Å². The first-order valence-corrected chi connectivity index (χ1v) is 8.16. The van der Waals surface area contributed by atoms with E-state index in [0.29, 0.717) is 32.8 Å². The van der Waals surface area contributed by atoms with Crippen molar-refractivity contribution in [3.63, 3.8) is 0 Å². The number of nitrogens with one attached hydrogen (secondary N) is 2. The van der Waals surface area contributed by atoms with Crippen LogP contribution in [-0.2, 0) is 0 Å². The molecule has 0 bridgehead atoms. The van der Waals surface area contributed by atoms with Crippen molar-refractivity contribution < 1.29 is 4.79 Å². The van der Waals surface area contributed by atoms with Crippen LogP contribution >= 0.6 is 23.2 Å². The van der Waals surface area contributed by atoms with Crippen LogP contribution in [0.4, 0.5) is 17.2 Å². The van der Waals surface area contributed by atoms with Crippen LogP contribution in [-0.4, -0.2) is 15.9 Å². The zero-order valence-electron chi connectivity index (χ0n) is 13.2. The summed E-state index contributed by atoms with van der Waals surface area (Å²) in [5.74, 6) is -0.00788. The molecular weight excluding hydrogens is 373 g/mol. The Morgan fingerprint density at radius 3 is 2.54 bits per heavy atom. The molecule has 0 aliphatic carbocycles. The van der Waals surface area contributed by atoms with Crippen molar-refractivity contribution in [2.75, 3.05) is 10.6 Å². The Morgan fingerprint density at radius 2 is 1.81 bits per heavy atom. The molecule has 0 atom stereocenters. The molecule has 0 unspecified atom stereocenters. The maximum atomic E-state index is 12.4. The van der Waals surface area contributed by atoms with Crippen molar-refractivity contribution in [2.45, 2.75) is 0 Å². The minimum absolute atomic E-state index is 0.171. The number of hydrogen-bond donors (Lipinski definition) is 2. The molecule has 1 heterocycles. The third-order valence-electron chi connectivity index (χ3n) is 3.36. The molecule has 1 amide bonds. The van der Waals surface area contributed by atoms with Crippen molar-refractivity contribution in [3.8, 4) is 6.07 Å². The second-order valence-corrected chi connectivity index (χ2v) is 6.02. The summed E-state index contributed by atoms with van der Waals surface area (Å²) in [6, 6.07) is 15.0. The third-order valence-corrected chi connectivity index (χ3v) is 3.93. The number of anilines is 3. The van der Waals surface area contributed by atoms with Gasteiger partial charge in [-0.3, -0.25) is 4.79 Å². The molecule has 128 valence electrons. The van der Waals surface area contributed by atoms with Crippen LogP contribution in [0, 0.1) is 11.3 Å². The lowest BCUT2D eigenvalue weighted by Gasteiger charge is -2.09. The first kappa shape index (κ1) is 17.7. The first-order chi connectivity index (χ1) is 12.5. The minimum Gasteiger partial charge on any atom is -0.339 e. The fourth-order valence-corrected chi connectivity index (χ4v) is 2.44. The van der Waals surface area contributed by atoms with Crippen molar-refractivity contribution >= 4 is 46.3 Å². The lowest BCUT2D eigenvalue weighted by atomic mass is 10.2. The quantitative estimate of drug-likeness (QED) is 0.683. The van der Waals surface area contributed by atoms with Gasteiger partial charge in [-0.15, -0.1) is 0 Å². The van der Waals surface area contributed by atoms with Crippen LogP contribution in [0.15, 0.2) is 54.9 Å². The van der Waals surface area contributed by atoms with Crippen molar-refractivity contribution in [2.24, 2.45) is 0 Å². The molecule has 3 rings (SSSR count). The highest BCUT2D eigenvalue weighted by atomic mass is 35.5. The lowest BCUT2D eigenvalue weighted by Crippen LogP contribution is -2.14. The van der Waals surface area contributed by atoms with Crippen LogP contribution in [0.3, 0.4) is 0 Å². The lowest BCUT2D eigenvalue weighted by molar-refractivity contribution is 0.102. The highest BCUT2D eigenvalue weighted by Crippen LogP contribution is 2.27. The molecular formula is C18H11Cl2N5O. The average molecular weight is 384 g/mol. The monoisotopic (exact) mass is 383 g/mol. The van der Waals surface area contributed by atoms with Crippen molar-refractivity contribution in [1.82, 2.24) is 9.97 Å². The fraction of sp³-hybridized carbons (Fsp3) is 0. The first-order valence-electron chi connectivity index (χ1n) is 7.41. The highest BCUT2D eigenvalue weighted by Gasteiger charge is 2.10. The zero-order chi connectivity index (χ0) is 18.5. The van der Waals surface area contributed by atoms with E-state index in [4.69, 9.17) is 28.5 Å². The smallest absolute Gasteiger partial charge is 0.274 e. The summed E-state index contributed by atoms with van der Waals surface area (Å²) >= 11 is 12.1. The van der Waals surface area contributed by atoms with Gasteiger partial charge in [0.25, 0.3) is 5.91 Å². The average Bonchev–Trinajstić information content (AvgIpc) is 2.65. The van der Waals surface area contributed by atoms with E-state index in [1.165, 1.54) is 12.4 Å². The molecule has 0 fully saturated rings. The molecule has 0 spiro atoms. The molecule has 0 saturated heterocycles. The Bertz CT molecular complexity index is 999. The summed E-state index contributed by atoms with van der Waals surface area (Å²) in [6.45, 7) is 0. The summed E-state index contributed by atoms with van der Waals surface area (Å²) in [5, 5.41) is 15.5. The topological polar surface area (TPSA) is 90.7 Å². The molecule has 6 nitrogen and oxygen atoms in total. The molecule has 8 heteroatoms. The van der Waals surface area contributed by atoms with E-state index in [-0.39, 0.29) is 5.69 Å². The maximum absolute atomic E-state index is 12.4. The molecule has 0 aliphatic heterocycles. The SMILES string of the molecule is N#Cc1ccc(NC(=O)c2cc(Nc3cc(Cl)ccc3Cl)ncn2)cc1. The Kier molecular flexibility index (Phi) is 5.32. The molecule has 3 aromatic rings. The van der Waals surface area contributed by atoms with Crippen LogP contribution < -0.4 is 10.6 Å². The second-order valence-electron chi connectivity index (χ2n) is 5.18. The third kappa shape index (κ3) is 4.28. The largest absolute Gasteiger partial charge is 0.339 e. The van der Waals surface area contributed by atoms with Crippen LogP contribution in [0.1, 0.15) is 16.1 Å². The van der Waals surface area contributed by atoms with Gasteiger partial charge in [0.2, 0.25) is 0 Å². The summed E-state index contributed by atoms with van der Waals surface area (Å²) < 4.78 is 0. The van der Waals surface area contributed by atoms with Gasteiger partial charge < -0.3 is 10.6 Å². The van der Waals surface area contributed by atoms with Gasteiger partial charge >= 0.3 is 0 Å². The number of aromatic nitrogens is 2. The van der Waals surface area contributed by atoms with Gasteiger partial charge in [-0.25, -0.2) is 9.97 Å². The highest BCUT2D eigenvalue weighted by molar-refractivity contribution is 6.35. The van der Waals surface area contributed by atoms with E-state index in [1.54, 1.807) is 42.5 Å². The molecule has 0 saturated carbocycles. The Hall–Kier alpha value is -3.14.